The molecule has 1 aromatic heterocycles. The van der Waals surface area contributed by atoms with Gasteiger partial charge in [-0.25, -0.2) is 9.48 Å². The van der Waals surface area contributed by atoms with E-state index in [1.54, 1.807) is 36.4 Å². The Labute approximate surface area is 242 Å². The lowest BCUT2D eigenvalue weighted by molar-refractivity contribution is -0.142. The zero-order valence-electron chi connectivity index (χ0n) is 22.5. The number of methoxy groups -OCH3 is 1. The molecule has 41 heavy (non-hydrogen) atoms. The fourth-order valence-corrected chi connectivity index (χ4v) is 5.09. The van der Waals surface area contributed by atoms with Crippen molar-refractivity contribution in [2.75, 3.05) is 20.3 Å². The number of esters is 1. The lowest BCUT2D eigenvalue weighted by Crippen LogP contribution is -2.46. The van der Waals surface area contributed by atoms with Crippen molar-refractivity contribution in [2.45, 2.75) is 38.1 Å². The summed E-state index contributed by atoms with van der Waals surface area (Å²) in [4.78, 5) is 41.5. The second kappa shape index (κ2) is 12.9. The van der Waals surface area contributed by atoms with Crippen molar-refractivity contribution in [2.24, 2.45) is 0 Å². The minimum Gasteiger partial charge on any atom is -0.465 e. The third-order valence-corrected chi connectivity index (χ3v) is 7.43. The van der Waals surface area contributed by atoms with Crippen LogP contribution in [-0.2, 0) is 32.2 Å². The highest BCUT2D eigenvalue weighted by Gasteiger charge is 2.33. The van der Waals surface area contributed by atoms with E-state index < -0.39 is 12.0 Å². The lowest BCUT2D eigenvalue weighted by atomic mass is 10.0. The monoisotopic (exact) mass is 575 g/mol. The standard InChI is InChI=1S/C30H30ClN5O5/c1-40-30(39)21-14-12-20(13-15-21)28(29(38)32-17-23-8-6-16-41-23)35(18-22-7-2-3-9-24(22)31)27(37)19-36-26-11-5-4-10-25(26)33-34-36/h2-5,7,9-15,23,28H,6,8,16-19H2,1H3,(H,32,38)/t23-,28+/m1/s1. The van der Waals surface area contributed by atoms with E-state index >= 15 is 0 Å². The average molecular weight is 576 g/mol. The Morgan fingerprint density at radius 2 is 1.85 bits per heavy atom. The third-order valence-electron chi connectivity index (χ3n) is 7.06. The maximum atomic E-state index is 14.1. The van der Waals surface area contributed by atoms with E-state index in [2.05, 4.69) is 15.6 Å². The number of nitrogens with zero attached hydrogens (tertiary/aromatic N) is 4. The molecule has 1 N–H and O–H groups in total. The number of halogens is 1. The summed E-state index contributed by atoms with van der Waals surface area (Å²) in [6, 6.07) is 19.9. The maximum Gasteiger partial charge on any atom is 0.337 e. The van der Waals surface area contributed by atoms with Gasteiger partial charge in [0, 0.05) is 24.7 Å². The zero-order chi connectivity index (χ0) is 28.8. The number of carbonyl (C=O) groups is 3. The Morgan fingerprint density at radius 1 is 1.10 bits per heavy atom. The summed E-state index contributed by atoms with van der Waals surface area (Å²) < 4.78 is 12.0. The van der Waals surface area contributed by atoms with E-state index in [9.17, 15) is 14.4 Å². The van der Waals surface area contributed by atoms with Crippen LogP contribution in [0.5, 0.6) is 0 Å². The van der Waals surface area contributed by atoms with Gasteiger partial charge in [0.1, 0.15) is 18.1 Å². The smallest absolute Gasteiger partial charge is 0.337 e. The van der Waals surface area contributed by atoms with Crippen LogP contribution in [0.1, 0.15) is 40.4 Å². The van der Waals surface area contributed by atoms with Gasteiger partial charge in [0.15, 0.2) is 0 Å². The molecule has 10 nitrogen and oxygen atoms in total. The highest BCUT2D eigenvalue weighted by molar-refractivity contribution is 6.31. The Bertz CT molecular complexity index is 1530. The van der Waals surface area contributed by atoms with E-state index in [-0.39, 0.29) is 31.0 Å². The highest BCUT2D eigenvalue weighted by atomic mass is 35.5. The normalized spacial score (nSPS) is 15.4. The molecule has 3 aromatic carbocycles. The summed E-state index contributed by atoms with van der Waals surface area (Å²) in [6.07, 6.45) is 1.69. The van der Waals surface area contributed by atoms with Crippen LogP contribution < -0.4 is 5.32 Å². The summed E-state index contributed by atoms with van der Waals surface area (Å²) in [5.74, 6) is -1.25. The van der Waals surface area contributed by atoms with Crippen molar-refractivity contribution < 1.29 is 23.9 Å². The molecule has 2 amide bonds. The fourth-order valence-electron chi connectivity index (χ4n) is 4.90. The molecule has 0 bridgehead atoms. The Morgan fingerprint density at radius 3 is 2.59 bits per heavy atom. The molecule has 11 heteroatoms. The SMILES string of the molecule is COC(=O)c1ccc([C@@H](C(=O)NC[C@H]2CCCO2)N(Cc2ccccc2Cl)C(=O)Cn2nnc3ccccc32)cc1. The van der Waals surface area contributed by atoms with E-state index in [1.165, 1.54) is 16.7 Å². The predicted octanol–water partition coefficient (Wildman–Crippen LogP) is 3.94. The van der Waals surface area contributed by atoms with E-state index in [4.69, 9.17) is 21.1 Å². The first-order chi connectivity index (χ1) is 19.9. The van der Waals surface area contributed by atoms with Gasteiger partial charge >= 0.3 is 5.97 Å². The molecular weight excluding hydrogens is 546 g/mol. The number of hydrogen-bond acceptors (Lipinski definition) is 7. The third kappa shape index (κ3) is 6.55. The zero-order valence-corrected chi connectivity index (χ0v) is 23.3. The molecule has 4 aromatic rings. The van der Waals surface area contributed by atoms with Crippen molar-refractivity contribution in [1.29, 1.82) is 0 Å². The number of benzene rings is 3. The van der Waals surface area contributed by atoms with Gasteiger partial charge in [-0.1, -0.05) is 59.3 Å². The number of aromatic nitrogens is 3. The molecule has 5 rings (SSSR count). The van der Waals surface area contributed by atoms with Crippen LogP contribution in [-0.4, -0.2) is 64.0 Å². The van der Waals surface area contributed by atoms with Crippen LogP contribution >= 0.6 is 11.6 Å². The first-order valence-corrected chi connectivity index (χ1v) is 13.7. The molecule has 0 unspecified atom stereocenters. The summed E-state index contributed by atoms with van der Waals surface area (Å²) in [7, 11) is 1.30. The molecule has 2 heterocycles. The molecule has 212 valence electrons. The summed E-state index contributed by atoms with van der Waals surface area (Å²) >= 11 is 6.51. The first-order valence-electron chi connectivity index (χ1n) is 13.3. The van der Waals surface area contributed by atoms with Gasteiger partial charge in [-0.05, 0) is 54.3 Å². The van der Waals surface area contributed by atoms with Gasteiger partial charge in [0.2, 0.25) is 11.8 Å². The van der Waals surface area contributed by atoms with Gasteiger partial charge in [0.25, 0.3) is 0 Å². The van der Waals surface area contributed by atoms with Crippen molar-refractivity contribution in [3.05, 3.63) is 94.5 Å². The van der Waals surface area contributed by atoms with Crippen LogP contribution in [0, 0.1) is 0 Å². The fraction of sp³-hybridized carbons (Fsp3) is 0.300. The number of nitrogens with one attached hydrogen (secondary N) is 1. The Balaban J connectivity index is 1.52. The number of carbonyl (C=O) groups excluding carboxylic acids is 3. The van der Waals surface area contributed by atoms with Gasteiger partial charge in [-0.2, -0.15) is 0 Å². The lowest BCUT2D eigenvalue weighted by Gasteiger charge is -2.32. The molecule has 2 atom stereocenters. The Kier molecular flexibility index (Phi) is 8.91. The van der Waals surface area contributed by atoms with E-state index in [0.717, 1.165) is 12.8 Å². The molecule has 1 fully saturated rings. The van der Waals surface area contributed by atoms with Crippen LogP contribution in [0.2, 0.25) is 5.02 Å². The van der Waals surface area contributed by atoms with Crippen LogP contribution in [0.4, 0.5) is 0 Å². The topological polar surface area (TPSA) is 116 Å². The van der Waals surface area contributed by atoms with Crippen LogP contribution in [0.3, 0.4) is 0 Å². The molecule has 1 aliphatic rings. The van der Waals surface area contributed by atoms with Crippen molar-refractivity contribution in [3.8, 4) is 0 Å². The number of rotatable bonds is 10. The number of fused-ring (bicyclic) bond motifs is 1. The van der Waals surface area contributed by atoms with Crippen molar-refractivity contribution >= 4 is 40.4 Å². The number of ether oxygens (including phenoxy) is 2. The summed E-state index contributed by atoms with van der Waals surface area (Å²) in [5, 5.41) is 11.8. The number of hydrogen-bond donors (Lipinski definition) is 1. The molecule has 1 aliphatic heterocycles. The number of amides is 2. The first kappa shape index (κ1) is 28.3. The molecule has 1 saturated heterocycles. The van der Waals surface area contributed by atoms with Gasteiger partial charge in [-0.15, -0.1) is 5.10 Å². The average Bonchev–Trinajstić information content (AvgIpc) is 3.67. The molecule has 0 aliphatic carbocycles. The van der Waals surface area contributed by atoms with Gasteiger partial charge < -0.3 is 19.7 Å². The summed E-state index contributed by atoms with van der Waals surface area (Å²) in [6.45, 7) is 0.877. The van der Waals surface area contributed by atoms with Crippen LogP contribution in [0.15, 0.2) is 72.8 Å². The van der Waals surface area contributed by atoms with E-state index in [1.807, 2.05) is 36.4 Å². The largest absolute Gasteiger partial charge is 0.465 e. The quantitative estimate of drug-likeness (QED) is 0.285. The van der Waals surface area contributed by atoms with Crippen LogP contribution in [0.25, 0.3) is 11.0 Å². The minimum atomic E-state index is -1.04. The van der Waals surface area contributed by atoms with Crippen molar-refractivity contribution in [3.63, 3.8) is 0 Å². The minimum absolute atomic E-state index is 0.0574. The molecule has 0 spiro atoms. The van der Waals surface area contributed by atoms with Gasteiger partial charge in [-0.3, -0.25) is 9.59 Å². The predicted molar refractivity (Wildman–Crippen MR) is 152 cm³/mol. The Hall–Kier alpha value is -4.28. The molecule has 0 radical (unpaired) electrons. The summed E-state index contributed by atoms with van der Waals surface area (Å²) in [5.41, 5.74) is 2.87. The second-order valence-corrected chi connectivity index (χ2v) is 10.2. The van der Waals surface area contributed by atoms with E-state index in [0.29, 0.717) is 45.9 Å². The highest BCUT2D eigenvalue weighted by Crippen LogP contribution is 2.28. The molecule has 0 saturated carbocycles. The second-order valence-electron chi connectivity index (χ2n) is 9.75. The number of para-hydroxylation sites is 1. The van der Waals surface area contributed by atoms with Gasteiger partial charge in [0.05, 0.1) is 24.3 Å². The maximum absolute atomic E-state index is 14.1. The van der Waals surface area contributed by atoms with Crippen molar-refractivity contribution in [1.82, 2.24) is 25.2 Å². The molecular formula is C30H30ClN5O5.